The van der Waals surface area contributed by atoms with E-state index in [2.05, 4.69) is 12.2 Å². The lowest BCUT2D eigenvalue weighted by atomic mass is 9.90. The van der Waals surface area contributed by atoms with E-state index in [-0.39, 0.29) is 12.5 Å². The number of alkyl halides is 1. The predicted molar refractivity (Wildman–Crippen MR) is 40.4 cm³/mol. The Morgan fingerprint density at radius 2 is 2.40 bits per heavy atom. The van der Waals surface area contributed by atoms with Crippen molar-refractivity contribution in [3.05, 3.63) is 12.2 Å². The Labute approximate surface area is 61.1 Å². The van der Waals surface area contributed by atoms with Crippen molar-refractivity contribution >= 4 is 0 Å². The summed E-state index contributed by atoms with van der Waals surface area (Å²) in [4.78, 5) is 0. The van der Waals surface area contributed by atoms with Crippen molar-refractivity contribution < 1.29 is 4.39 Å². The minimum Gasteiger partial charge on any atom is -0.328 e. The van der Waals surface area contributed by atoms with E-state index in [1.807, 2.05) is 0 Å². The van der Waals surface area contributed by atoms with Gasteiger partial charge in [0, 0.05) is 6.54 Å². The number of rotatable bonds is 2. The molecule has 0 aliphatic heterocycles. The smallest absolute Gasteiger partial charge is 0.115 e. The average molecular weight is 143 g/mol. The van der Waals surface area contributed by atoms with Crippen LogP contribution in [0.2, 0.25) is 0 Å². The van der Waals surface area contributed by atoms with E-state index in [4.69, 9.17) is 5.73 Å². The Morgan fingerprint density at radius 1 is 1.60 bits per heavy atom. The topological polar surface area (TPSA) is 26.0 Å². The van der Waals surface area contributed by atoms with Crippen LogP contribution in [0.1, 0.15) is 19.3 Å². The summed E-state index contributed by atoms with van der Waals surface area (Å²) >= 11 is 0. The molecule has 0 heterocycles. The van der Waals surface area contributed by atoms with Gasteiger partial charge in [-0.3, -0.25) is 0 Å². The van der Waals surface area contributed by atoms with E-state index in [1.54, 1.807) is 0 Å². The highest BCUT2D eigenvalue weighted by atomic mass is 19.1. The minimum atomic E-state index is -0.787. The fourth-order valence-electron chi connectivity index (χ4n) is 1.34. The summed E-state index contributed by atoms with van der Waals surface area (Å²) in [5.41, 5.74) is 5.20. The Kier molecular flexibility index (Phi) is 2.87. The molecule has 1 aliphatic carbocycles. The highest BCUT2D eigenvalue weighted by Crippen LogP contribution is 2.22. The molecule has 0 aromatic carbocycles. The first-order valence-electron chi connectivity index (χ1n) is 3.83. The van der Waals surface area contributed by atoms with Gasteiger partial charge in [0.15, 0.2) is 0 Å². The zero-order valence-electron chi connectivity index (χ0n) is 6.09. The molecule has 2 N–H and O–H groups in total. The third kappa shape index (κ3) is 1.81. The molecule has 0 fully saturated rings. The predicted octanol–water partition coefficient (Wildman–Crippen LogP) is 1.64. The van der Waals surface area contributed by atoms with E-state index in [9.17, 15) is 4.39 Å². The van der Waals surface area contributed by atoms with Gasteiger partial charge in [0.2, 0.25) is 0 Å². The maximum Gasteiger partial charge on any atom is 0.115 e. The Bertz CT molecular complexity index is 122. The third-order valence-corrected chi connectivity index (χ3v) is 2.05. The van der Waals surface area contributed by atoms with Gasteiger partial charge in [0.25, 0.3) is 0 Å². The van der Waals surface area contributed by atoms with Crippen LogP contribution in [-0.4, -0.2) is 12.7 Å². The molecule has 2 heteroatoms. The molecule has 0 aromatic heterocycles. The quantitative estimate of drug-likeness (QED) is 0.584. The molecular formula is C8H14FN. The molecule has 1 nitrogen and oxygen atoms in total. The summed E-state index contributed by atoms with van der Waals surface area (Å²) in [6, 6.07) is 0. The SMILES string of the molecule is NCC(F)C1CC=CCC1. The Hall–Kier alpha value is -0.370. The van der Waals surface area contributed by atoms with Crippen LogP contribution < -0.4 is 5.73 Å². The number of halogens is 1. The Balaban J connectivity index is 2.33. The minimum absolute atomic E-state index is 0.179. The van der Waals surface area contributed by atoms with Gasteiger partial charge >= 0.3 is 0 Å². The van der Waals surface area contributed by atoms with E-state index in [1.165, 1.54) is 0 Å². The lowest BCUT2D eigenvalue weighted by Crippen LogP contribution is -2.25. The molecule has 2 atom stereocenters. The summed E-state index contributed by atoms with van der Waals surface area (Å²) in [5.74, 6) is 0.190. The zero-order chi connectivity index (χ0) is 7.40. The molecule has 0 radical (unpaired) electrons. The summed E-state index contributed by atoms with van der Waals surface area (Å²) in [5, 5.41) is 0. The van der Waals surface area contributed by atoms with Crippen LogP contribution in [0.4, 0.5) is 4.39 Å². The van der Waals surface area contributed by atoms with Gasteiger partial charge in [-0.1, -0.05) is 12.2 Å². The van der Waals surface area contributed by atoms with Crippen LogP contribution in [-0.2, 0) is 0 Å². The maximum atomic E-state index is 12.9. The summed E-state index contributed by atoms with van der Waals surface area (Å²) in [6.45, 7) is 0.179. The normalized spacial score (nSPS) is 28.4. The first-order valence-corrected chi connectivity index (χ1v) is 3.83. The molecule has 0 aromatic rings. The second-order valence-electron chi connectivity index (χ2n) is 2.80. The van der Waals surface area contributed by atoms with Crippen LogP contribution in [0.5, 0.6) is 0 Å². The molecule has 0 saturated carbocycles. The van der Waals surface area contributed by atoms with Crippen LogP contribution in [0.3, 0.4) is 0 Å². The van der Waals surface area contributed by atoms with Crippen molar-refractivity contribution in [2.24, 2.45) is 11.7 Å². The zero-order valence-corrected chi connectivity index (χ0v) is 6.09. The molecule has 2 unspecified atom stereocenters. The van der Waals surface area contributed by atoms with Crippen molar-refractivity contribution in [3.63, 3.8) is 0 Å². The fraction of sp³-hybridized carbons (Fsp3) is 0.750. The largest absolute Gasteiger partial charge is 0.328 e. The molecule has 0 spiro atoms. The lowest BCUT2D eigenvalue weighted by molar-refractivity contribution is 0.222. The Morgan fingerprint density at radius 3 is 2.90 bits per heavy atom. The molecular weight excluding hydrogens is 129 g/mol. The van der Waals surface area contributed by atoms with Crippen molar-refractivity contribution in [2.75, 3.05) is 6.54 Å². The average Bonchev–Trinajstić information content (AvgIpc) is 2.05. The van der Waals surface area contributed by atoms with Crippen molar-refractivity contribution in [1.29, 1.82) is 0 Å². The number of allylic oxidation sites excluding steroid dienone is 2. The molecule has 0 amide bonds. The maximum absolute atomic E-state index is 12.9. The van der Waals surface area contributed by atoms with E-state index in [0.717, 1.165) is 19.3 Å². The van der Waals surface area contributed by atoms with E-state index < -0.39 is 6.17 Å². The monoisotopic (exact) mass is 143 g/mol. The van der Waals surface area contributed by atoms with Gasteiger partial charge in [-0.15, -0.1) is 0 Å². The molecule has 10 heavy (non-hydrogen) atoms. The first kappa shape index (κ1) is 7.73. The second kappa shape index (κ2) is 3.71. The second-order valence-corrected chi connectivity index (χ2v) is 2.80. The van der Waals surface area contributed by atoms with Crippen LogP contribution in [0, 0.1) is 5.92 Å². The summed E-state index contributed by atoms with van der Waals surface area (Å²) < 4.78 is 12.9. The molecule has 0 bridgehead atoms. The van der Waals surface area contributed by atoms with Gasteiger partial charge in [-0.25, -0.2) is 4.39 Å². The summed E-state index contributed by atoms with van der Waals surface area (Å²) in [7, 11) is 0. The number of nitrogens with two attached hydrogens (primary N) is 1. The van der Waals surface area contributed by atoms with Gasteiger partial charge in [-0.2, -0.15) is 0 Å². The molecule has 0 saturated heterocycles. The van der Waals surface area contributed by atoms with Crippen LogP contribution >= 0.6 is 0 Å². The van der Waals surface area contributed by atoms with Crippen LogP contribution in [0.15, 0.2) is 12.2 Å². The van der Waals surface area contributed by atoms with E-state index >= 15 is 0 Å². The van der Waals surface area contributed by atoms with Gasteiger partial charge in [0.05, 0.1) is 0 Å². The number of hydrogen-bond acceptors (Lipinski definition) is 1. The number of hydrogen-bond donors (Lipinski definition) is 1. The van der Waals surface area contributed by atoms with Crippen LogP contribution in [0.25, 0.3) is 0 Å². The highest BCUT2D eigenvalue weighted by Gasteiger charge is 2.18. The summed E-state index contributed by atoms with van der Waals surface area (Å²) in [6.07, 6.45) is 6.24. The van der Waals surface area contributed by atoms with Gasteiger partial charge < -0.3 is 5.73 Å². The third-order valence-electron chi connectivity index (χ3n) is 2.05. The fourth-order valence-corrected chi connectivity index (χ4v) is 1.34. The van der Waals surface area contributed by atoms with Gasteiger partial charge in [-0.05, 0) is 25.2 Å². The molecule has 1 aliphatic rings. The lowest BCUT2D eigenvalue weighted by Gasteiger charge is -2.20. The van der Waals surface area contributed by atoms with E-state index in [0.29, 0.717) is 0 Å². The molecule has 1 rings (SSSR count). The van der Waals surface area contributed by atoms with Gasteiger partial charge in [0.1, 0.15) is 6.17 Å². The highest BCUT2D eigenvalue weighted by molar-refractivity contribution is 4.92. The first-order chi connectivity index (χ1) is 4.84. The van der Waals surface area contributed by atoms with Crippen molar-refractivity contribution in [1.82, 2.24) is 0 Å². The standard InChI is InChI=1S/C8H14FN/c9-8(6-10)7-4-2-1-3-5-7/h1-2,7-8H,3-6,10H2. The van der Waals surface area contributed by atoms with Crippen molar-refractivity contribution in [2.45, 2.75) is 25.4 Å². The molecule has 58 valence electrons. The van der Waals surface area contributed by atoms with Crippen molar-refractivity contribution in [3.8, 4) is 0 Å².